The second kappa shape index (κ2) is 5.57. The first-order valence-corrected chi connectivity index (χ1v) is 7.17. The molecule has 0 aromatic carbocycles. The van der Waals surface area contributed by atoms with E-state index in [1.807, 2.05) is 18.7 Å². The van der Waals surface area contributed by atoms with Crippen molar-refractivity contribution >= 4 is 5.91 Å². The quantitative estimate of drug-likeness (QED) is 0.769. The number of nitrogens with two attached hydrogens (primary N) is 1. The van der Waals surface area contributed by atoms with Gasteiger partial charge in [0.2, 0.25) is 5.91 Å². The van der Waals surface area contributed by atoms with Gasteiger partial charge in [-0.25, -0.2) is 0 Å². The molecule has 5 atom stereocenters. The zero-order valence-electron chi connectivity index (χ0n) is 11.8. The molecule has 1 amide bonds. The van der Waals surface area contributed by atoms with E-state index in [-0.39, 0.29) is 30.1 Å². The zero-order valence-corrected chi connectivity index (χ0v) is 11.8. The van der Waals surface area contributed by atoms with E-state index < -0.39 is 0 Å². The lowest BCUT2D eigenvalue weighted by Gasteiger charge is -2.40. The molecular formula is C14H26N2O2. The fourth-order valence-electron chi connectivity index (χ4n) is 3.28. The maximum Gasteiger partial charge on any atom is 0.227 e. The molecule has 1 saturated heterocycles. The third-order valence-electron chi connectivity index (χ3n) is 4.21. The molecule has 1 aliphatic carbocycles. The summed E-state index contributed by atoms with van der Waals surface area (Å²) in [5, 5.41) is 0. The summed E-state index contributed by atoms with van der Waals surface area (Å²) in [6, 6.07) is 0.0437. The number of morpholine rings is 1. The van der Waals surface area contributed by atoms with E-state index in [0.29, 0.717) is 19.0 Å². The molecule has 1 aliphatic heterocycles. The smallest absolute Gasteiger partial charge is 0.227 e. The standard InChI is InChI=1S/C14H26N2O2/c1-9-4-5-13(15)12(6-9)14(17)16-7-10(2)18-11(3)8-16/h9-13H,4-8,15H2,1-3H3. The molecule has 0 radical (unpaired) electrons. The van der Waals surface area contributed by atoms with Gasteiger partial charge >= 0.3 is 0 Å². The Hall–Kier alpha value is -0.610. The Bertz CT molecular complexity index is 298. The van der Waals surface area contributed by atoms with Gasteiger partial charge in [0, 0.05) is 19.1 Å². The molecule has 2 aliphatic rings. The Morgan fingerprint density at radius 3 is 2.39 bits per heavy atom. The van der Waals surface area contributed by atoms with Gasteiger partial charge in [0.15, 0.2) is 0 Å². The van der Waals surface area contributed by atoms with Crippen molar-refractivity contribution in [1.82, 2.24) is 4.90 Å². The molecule has 4 heteroatoms. The third kappa shape index (κ3) is 3.04. The van der Waals surface area contributed by atoms with Crippen molar-refractivity contribution in [2.75, 3.05) is 13.1 Å². The Morgan fingerprint density at radius 1 is 1.17 bits per heavy atom. The largest absolute Gasteiger partial charge is 0.372 e. The number of carbonyl (C=O) groups is 1. The van der Waals surface area contributed by atoms with Gasteiger partial charge in [-0.15, -0.1) is 0 Å². The van der Waals surface area contributed by atoms with Crippen molar-refractivity contribution in [3.8, 4) is 0 Å². The number of amides is 1. The van der Waals surface area contributed by atoms with Gasteiger partial charge in [-0.1, -0.05) is 6.92 Å². The average Bonchev–Trinajstić information content (AvgIpc) is 2.30. The molecule has 0 aromatic rings. The van der Waals surface area contributed by atoms with Crippen LogP contribution >= 0.6 is 0 Å². The number of hydrogen-bond acceptors (Lipinski definition) is 3. The molecule has 2 N–H and O–H groups in total. The first-order chi connectivity index (χ1) is 8.47. The summed E-state index contributed by atoms with van der Waals surface area (Å²) in [4.78, 5) is 14.6. The minimum Gasteiger partial charge on any atom is -0.372 e. The van der Waals surface area contributed by atoms with Crippen LogP contribution in [-0.2, 0) is 9.53 Å². The second-order valence-electron chi connectivity index (χ2n) is 6.19. The van der Waals surface area contributed by atoms with Crippen LogP contribution < -0.4 is 5.73 Å². The number of rotatable bonds is 1. The molecule has 18 heavy (non-hydrogen) atoms. The van der Waals surface area contributed by atoms with E-state index in [4.69, 9.17) is 10.5 Å². The minimum atomic E-state index is 0.0197. The van der Waals surface area contributed by atoms with E-state index in [9.17, 15) is 4.79 Å². The molecule has 5 unspecified atom stereocenters. The van der Waals surface area contributed by atoms with Crippen LogP contribution in [0.2, 0.25) is 0 Å². The highest BCUT2D eigenvalue weighted by Crippen LogP contribution is 2.30. The fraction of sp³-hybridized carbons (Fsp3) is 0.929. The highest BCUT2D eigenvalue weighted by Gasteiger charge is 2.36. The van der Waals surface area contributed by atoms with Crippen molar-refractivity contribution in [1.29, 1.82) is 0 Å². The van der Waals surface area contributed by atoms with Gasteiger partial charge in [0.1, 0.15) is 0 Å². The molecule has 2 fully saturated rings. The van der Waals surface area contributed by atoms with Crippen LogP contribution in [0.25, 0.3) is 0 Å². The van der Waals surface area contributed by atoms with Crippen molar-refractivity contribution < 1.29 is 9.53 Å². The van der Waals surface area contributed by atoms with Gasteiger partial charge in [0.25, 0.3) is 0 Å². The third-order valence-corrected chi connectivity index (χ3v) is 4.21. The molecule has 4 nitrogen and oxygen atoms in total. The molecule has 0 aromatic heterocycles. The minimum absolute atomic E-state index is 0.0197. The number of carbonyl (C=O) groups excluding carboxylic acids is 1. The molecule has 104 valence electrons. The predicted octanol–water partition coefficient (Wildman–Crippen LogP) is 1.39. The van der Waals surface area contributed by atoms with Crippen molar-refractivity contribution in [3.63, 3.8) is 0 Å². The van der Waals surface area contributed by atoms with E-state index in [1.165, 1.54) is 0 Å². The highest BCUT2D eigenvalue weighted by molar-refractivity contribution is 5.80. The summed E-state index contributed by atoms with van der Waals surface area (Å²) < 4.78 is 5.68. The molecular weight excluding hydrogens is 228 g/mol. The lowest BCUT2D eigenvalue weighted by Crippen LogP contribution is -2.53. The lowest BCUT2D eigenvalue weighted by atomic mass is 9.78. The zero-order chi connectivity index (χ0) is 13.3. The van der Waals surface area contributed by atoms with Gasteiger partial charge in [-0.3, -0.25) is 4.79 Å². The number of hydrogen-bond donors (Lipinski definition) is 1. The Morgan fingerprint density at radius 2 is 1.78 bits per heavy atom. The Balaban J connectivity index is 2.01. The topological polar surface area (TPSA) is 55.6 Å². The Labute approximate surface area is 110 Å². The van der Waals surface area contributed by atoms with Crippen LogP contribution in [0.1, 0.15) is 40.0 Å². The molecule has 0 bridgehead atoms. The number of nitrogens with zero attached hydrogens (tertiary/aromatic N) is 1. The van der Waals surface area contributed by atoms with Crippen LogP contribution in [0.5, 0.6) is 0 Å². The average molecular weight is 254 g/mol. The van der Waals surface area contributed by atoms with Crippen LogP contribution in [0, 0.1) is 11.8 Å². The fourth-order valence-corrected chi connectivity index (χ4v) is 3.28. The molecule has 1 saturated carbocycles. The molecule has 2 rings (SSSR count). The lowest BCUT2D eigenvalue weighted by molar-refractivity contribution is -0.149. The van der Waals surface area contributed by atoms with Gasteiger partial charge < -0.3 is 15.4 Å². The van der Waals surface area contributed by atoms with E-state index >= 15 is 0 Å². The van der Waals surface area contributed by atoms with Crippen molar-refractivity contribution in [2.24, 2.45) is 17.6 Å². The summed E-state index contributed by atoms with van der Waals surface area (Å²) in [7, 11) is 0. The predicted molar refractivity (Wildman–Crippen MR) is 71.1 cm³/mol. The maximum atomic E-state index is 12.6. The SMILES string of the molecule is CC1CCC(N)C(C(=O)N2CC(C)OC(C)C2)C1. The summed E-state index contributed by atoms with van der Waals surface area (Å²) >= 11 is 0. The first-order valence-electron chi connectivity index (χ1n) is 7.17. The normalized spacial score (nSPS) is 41.8. The monoisotopic (exact) mass is 254 g/mol. The highest BCUT2D eigenvalue weighted by atomic mass is 16.5. The van der Waals surface area contributed by atoms with Crippen molar-refractivity contribution in [2.45, 2.75) is 58.3 Å². The van der Waals surface area contributed by atoms with E-state index in [1.54, 1.807) is 0 Å². The van der Waals surface area contributed by atoms with Gasteiger partial charge in [-0.05, 0) is 39.0 Å². The van der Waals surface area contributed by atoms with E-state index in [2.05, 4.69) is 6.92 Å². The van der Waals surface area contributed by atoms with Gasteiger partial charge in [-0.2, -0.15) is 0 Å². The van der Waals surface area contributed by atoms with Crippen LogP contribution in [0.15, 0.2) is 0 Å². The van der Waals surface area contributed by atoms with Crippen molar-refractivity contribution in [3.05, 3.63) is 0 Å². The van der Waals surface area contributed by atoms with Gasteiger partial charge in [0.05, 0.1) is 18.1 Å². The summed E-state index contributed by atoms with van der Waals surface area (Å²) in [5.41, 5.74) is 6.14. The summed E-state index contributed by atoms with van der Waals surface area (Å²) in [5.74, 6) is 0.886. The van der Waals surface area contributed by atoms with Crippen LogP contribution in [0.3, 0.4) is 0 Å². The van der Waals surface area contributed by atoms with Crippen LogP contribution in [-0.4, -0.2) is 42.1 Å². The first kappa shape index (κ1) is 13.8. The Kier molecular flexibility index (Phi) is 4.28. The summed E-state index contributed by atoms with van der Waals surface area (Å²) in [6.07, 6.45) is 3.35. The van der Waals surface area contributed by atoms with E-state index in [0.717, 1.165) is 19.3 Å². The second-order valence-corrected chi connectivity index (χ2v) is 6.19. The number of ether oxygens (including phenoxy) is 1. The maximum absolute atomic E-state index is 12.6. The molecule has 0 spiro atoms. The summed E-state index contributed by atoms with van der Waals surface area (Å²) in [6.45, 7) is 7.69. The molecule has 1 heterocycles. The van der Waals surface area contributed by atoms with Crippen LogP contribution in [0.4, 0.5) is 0 Å².